The number of hydrogen-bond acceptors (Lipinski definition) is 5. The molecule has 0 spiro atoms. The summed E-state index contributed by atoms with van der Waals surface area (Å²) in [7, 11) is -4.39. The fourth-order valence-electron chi connectivity index (χ4n) is 4.05. The number of carboxylic acids is 1. The van der Waals surface area contributed by atoms with Gasteiger partial charge >= 0.3 is 5.97 Å². The number of halogens is 2. The molecule has 0 fully saturated rings. The second-order valence-electron chi connectivity index (χ2n) is 9.39. The molecule has 0 radical (unpaired) electrons. The lowest BCUT2D eigenvalue weighted by Crippen LogP contribution is -2.52. The number of benzene rings is 2. The van der Waals surface area contributed by atoms with Crippen LogP contribution in [-0.2, 0) is 14.8 Å². The molecule has 1 unspecified atom stereocenters. The van der Waals surface area contributed by atoms with Gasteiger partial charge in [-0.3, -0.25) is 4.31 Å². The first-order valence-corrected chi connectivity index (χ1v) is 13.0. The molecule has 11 heteroatoms. The van der Waals surface area contributed by atoms with E-state index in [9.17, 15) is 18.3 Å². The molecule has 1 atom stereocenters. The molecule has 0 amide bonds. The lowest BCUT2D eigenvalue weighted by molar-refractivity contribution is -0.140. The summed E-state index contributed by atoms with van der Waals surface area (Å²) in [6, 6.07) is 12.7. The first-order valence-electron chi connectivity index (χ1n) is 10.9. The maximum absolute atomic E-state index is 13.9. The standard InChI is InChI=1S/C25H24Cl2N4O4S/c1-25(2,3)23(24(32)33)31(36(34,35)20-12-16(26)11-17(27)13-20)19-5-6-21-15(10-19)8-9-30(21)22-7-4-18(28)14-29-22/h4-14,23H,28H2,1-3H3,(H,32,33). The third-order valence-electron chi connectivity index (χ3n) is 5.63. The average molecular weight is 547 g/mol. The molecular formula is C25H24Cl2N4O4S. The maximum Gasteiger partial charge on any atom is 0.328 e. The van der Waals surface area contributed by atoms with E-state index in [1.165, 1.54) is 18.2 Å². The number of sulfonamides is 1. The number of rotatable bonds is 6. The van der Waals surface area contributed by atoms with Crippen LogP contribution in [0.25, 0.3) is 16.7 Å². The Morgan fingerprint density at radius 1 is 1.06 bits per heavy atom. The van der Waals surface area contributed by atoms with Gasteiger partial charge in [-0.05, 0) is 60.0 Å². The van der Waals surface area contributed by atoms with E-state index in [4.69, 9.17) is 28.9 Å². The molecule has 0 aliphatic carbocycles. The predicted molar refractivity (Wildman–Crippen MR) is 142 cm³/mol. The number of aromatic nitrogens is 2. The smallest absolute Gasteiger partial charge is 0.328 e. The lowest BCUT2D eigenvalue weighted by atomic mass is 9.86. The Labute approximate surface area is 218 Å². The van der Waals surface area contributed by atoms with Crippen LogP contribution in [0.3, 0.4) is 0 Å². The van der Waals surface area contributed by atoms with Gasteiger partial charge in [0, 0.05) is 21.6 Å². The van der Waals surface area contributed by atoms with Crippen LogP contribution in [0.15, 0.2) is 71.9 Å². The molecule has 2 aromatic heterocycles. The molecule has 8 nitrogen and oxygen atoms in total. The SMILES string of the molecule is CC(C)(C)C(C(=O)O)N(c1ccc2c(ccn2-c2ccc(N)cn2)c1)S(=O)(=O)c1cc(Cl)cc(Cl)c1. The van der Waals surface area contributed by atoms with Crippen LogP contribution in [0.2, 0.25) is 10.0 Å². The van der Waals surface area contributed by atoms with E-state index in [1.807, 2.05) is 4.57 Å². The molecule has 3 N–H and O–H groups in total. The number of nitrogen functional groups attached to an aromatic ring is 1. The Morgan fingerprint density at radius 3 is 2.28 bits per heavy atom. The summed E-state index contributed by atoms with van der Waals surface area (Å²) in [4.78, 5) is 16.6. The van der Waals surface area contributed by atoms with Gasteiger partial charge in [-0.25, -0.2) is 18.2 Å². The molecular weight excluding hydrogens is 523 g/mol. The molecule has 0 saturated carbocycles. The summed E-state index contributed by atoms with van der Waals surface area (Å²) in [5, 5.41) is 11.1. The largest absolute Gasteiger partial charge is 0.480 e. The van der Waals surface area contributed by atoms with Crippen LogP contribution >= 0.6 is 23.2 Å². The molecule has 0 aliphatic heterocycles. The van der Waals surface area contributed by atoms with Crippen molar-refractivity contribution in [3.05, 3.63) is 77.0 Å². The van der Waals surface area contributed by atoms with Gasteiger partial charge in [0.15, 0.2) is 0 Å². The molecule has 0 aliphatic rings. The van der Waals surface area contributed by atoms with Crippen molar-refractivity contribution >= 4 is 61.5 Å². The monoisotopic (exact) mass is 546 g/mol. The second kappa shape index (κ2) is 9.31. The van der Waals surface area contributed by atoms with E-state index >= 15 is 0 Å². The minimum Gasteiger partial charge on any atom is -0.480 e. The number of hydrogen-bond donors (Lipinski definition) is 2. The van der Waals surface area contributed by atoms with Crippen molar-refractivity contribution in [2.45, 2.75) is 31.7 Å². The highest BCUT2D eigenvalue weighted by Gasteiger charge is 2.43. The number of pyridine rings is 1. The van der Waals surface area contributed by atoms with Gasteiger partial charge in [-0.1, -0.05) is 44.0 Å². The molecule has 4 rings (SSSR count). The summed E-state index contributed by atoms with van der Waals surface area (Å²) in [5.74, 6) is -0.661. The number of nitrogens with zero attached hydrogens (tertiary/aromatic N) is 3. The highest BCUT2D eigenvalue weighted by atomic mass is 35.5. The van der Waals surface area contributed by atoms with Crippen LogP contribution in [0.1, 0.15) is 20.8 Å². The molecule has 0 saturated heterocycles. The quantitative estimate of drug-likeness (QED) is 0.324. The van der Waals surface area contributed by atoms with Gasteiger partial charge in [0.05, 0.1) is 28.0 Å². The first kappa shape index (κ1) is 25.8. The van der Waals surface area contributed by atoms with Crippen molar-refractivity contribution in [1.82, 2.24) is 9.55 Å². The molecule has 36 heavy (non-hydrogen) atoms. The number of carbonyl (C=O) groups is 1. The zero-order chi connectivity index (χ0) is 26.4. The topological polar surface area (TPSA) is 119 Å². The van der Waals surface area contributed by atoms with E-state index < -0.39 is 27.4 Å². The van der Waals surface area contributed by atoms with E-state index in [2.05, 4.69) is 4.98 Å². The Hall–Kier alpha value is -3.27. The minimum absolute atomic E-state index is 0.118. The van der Waals surface area contributed by atoms with Crippen molar-refractivity contribution < 1.29 is 18.3 Å². The average Bonchev–Trinajstić information content (AvgIpc) is 3.19. The van der Waals surface area contributed by atoms with Crippen LogP contribution in [0, 0.1) is 5.41 Å². The maximum atomic E-state index is 13.9. The highest BCUT2D eigenvalue weighted by Crippen LogP contribution is 2.37. The fourth-order valence-corrected chi connectivity index (χ4v) is 6.56. The molecule has 188 valence electrons. The molecule has 4 aromatic rings. The molecule has 2 aromatic carbocycles. The Kier molecular flexibility index (Phi) is 6.68. The Balaban J connectivity index is 1.93. The molecule has 2 heterocycles. The van der Waals surface area contributed by atoms with E-state index in [1.54, 1.807) is 69.6 Å². The van der Waals surface area contributed by atoms with E-state index in [0.717, 1.165) is 9.82 Å². The number of nitrogens with two attached hydrogens (primary N) is 1. The van der Waals surface area contributed by atoms with Crippen molar-refractivity contribution in [1.29, 1.82) is 0 Å². The molecule has 0 bridgehead atoms. The van der Waals surface area contributed by atoms with Crippen molar-refractivity contribution in [2.75, 3.05) is 10.0 Å². The zero-order valence-electron chi connectivity index (χ0n) is 19.7. The highest BCUT2D eigenvalue weighted by molar-refractivity contribution is 7.93. The number of anilines is 2. The summed E-state index contributed by atoms with van der Waals surface area (Å²) < 4.78 is 30.6. The summed E-state index contributed by atoms with van der Waals surface area (Å²) in [5.41, 5.74) is 6.24. The minimum atomic E-state index is -4.39. The summed E-state index contributed by atoms with van der Waals surface area (Å²) in [6.45, 7) is 5.00. The van der Waals surface area contributed by atoms with Crippen LogP contribution in [0.4, 0.5) is 11.4 Å². The van der Waals surface area contributed by atoms with Gasteiger partial charge in [0.25, 0.3) is 10.0 Å². The fraction of sp³-hybridized carbons (Fsp3) is 0.200. The van der Waals surface area contributed by atoms with Gasteiger partial charge in [0.2, 0.25) is 0 Å². The summed E-state index contributed by atoms with van der Waals surface area (Å²) >= 11 is 12.2. The lowest BCUT2D eigenvalue weighted by Gasteiger charge is -2.37. The number of aliphatic carboxylic acids is 1. The van der Waals surface area contributed by atoms with Crippen molar-refractivity contribution in [3.63, 3.8) is 0 Å². The third kappa shape index (κ3) is 4.86. The number of fused-ring (bicyclic) bond motifs is 1. The summed E-state index contributed by atoms with van der Waals surface area (Å²) in [6.07, 6.45) is 3.34. The van der Waals surface area contributed by atoms with Crippen molar-refractivity contribution in [3.8, 4) is 5.82 Å². The van der Waals surface area contributed by atoms with Gasteiger partial charge in [-0.15, -0.1) is 0 Å². The van der Waals surface area contributed by atoms with Gasteiger partial charge in [0.1, 0.15) is 11.9 Å². The normalized spacial score (nSPS) is 13.0. The Morgan fingerprint density at radius 2 is 1.72 bits per heavy atom. The van der Waals surface area contributed by atoms with Crippen molar-refractivity contribution in [2.24, 2.45) is 5.41 Å². The van der Waals surface area contributed by atoms with Crippen LogP contribution in [-0.4, -0.2) is 35.1 Å². The van der Waals surface area contributed by atoms with E-state index in [-0.39, 0.29) is 20.6 Å². The van der Waals surface area contributed by atoms with E-state index in [0.29, 0.717) is 16.9 Å². The Bertz CT molecular complexity index is 1540. The third-order valence-corrected chi connectivity index (χ3v) is 7.83. The van der Waals surface area contributed by atoms with Crippen LogP contribution < -0.4 is 10.0 Å². The van der Waals surface area contributed by atoms with Gasteiger partial charge in [-0.2, -0.15) is 0 Å². The predicted octanol–water partition coefficient (Wildman–Crippen LogP) is 5.61. The number of carboxylic acid groups (broad SMARTS) is 1. The van der Waals surface area contributed by atoms with Gasteiger partial charge < -0.3 is 15.4 Å². The first-order chi connectivity index (χ1) is 16.8. The van der Waals surface area contributed by atoms with Crippen LogP contribution in [0.5, 0.6) is 0 Å². The second-order valence-corrected chi connectivity index (χ2v) is 12.1. The zero-order valence-corrected chi connectivity index (χ0v) is 22.0.